The molecule has 8 nitrogen and oxygen atoms in total. The summed E-state index contributed by atoms with van der Waals surface area (Å²) < 4.78 is 32.8. The SMILES string of the molecule is Cc1ccc(S(=O)(=O)N(C)c2ccc(C(=O)Nc3ccc(N4CC(C)OC(C)C4)nc3)cc2)cc1. The molecule has 1 N–H and O–H groups in total. The molecule has 1 aromatic heterocycles. The lowest BCUT2D eigenvalue weighted by atomic mass is 10.2. The van der Waals surface area contributed by atoms with E-state index in [-0.39, 0.29) is 23.0 Å². The lowest BCUT2D eigenvalue weighted by Crippen LogP contribution is -2.45. The zero-order chi connectivity index (χ0) is 25.2. The smallest absolute Gasteiger partial charge is 0.264 e. The van der Waals surface area contributed by atoms with Crippen LogP contribution >= 0.6 is 0 Å². The number of morpholine rings is 1. The normalized spacial score (nSPS) is 18.2. The van der Waals surface area contributed by atoms with E-state index in [1.807, 2.05) is 32.9 Å². The highest BCUT2D eigenvalue weighted by atomic mass is 32.2. The van der Waals surface area contributed by atoms with Gasteiger partial charge < -0.3 is 15.0 Å². The van der Waals surface area contributed by atoms with Crippen LogP contribution in [0.1, 0.15) is 29.8 Å². The Morgan fingerprint density at radius 3 is 2.20 bits per heavy atom. The summed E-state index contributed by atoms with van der Waals surface area (Å²) in [5.74, 6) is 0.538. The number of aryl methyl sites for hydroxylation is 1. The van der Waals surface area contributed by atoms with E-state index in [4.69, 9.17) is 4.74 Å². The highest BCUT2D eigenvalue weighted by Crippen LogP contribution is 2.24. The maximum absolute atomic E-state index is 12.9. The molecule has 0 bridgehead atoms. The maximum Gasteiger partial charge on any atom is 0.264 e. The van der Waals surface area contributed by atoms with Gasteiger partial charge >= 0.3 is 0 Å². The number of benzene rings is 2. The van der Waals surface area contributed by atoms with Gasteiger partial charge in [-0.2, -0.15) is 0 Å². The molecule has 184 valence electrons. The topological polar surface area (TPSA) is 91.8 Å². The van der Waals surface area contributed by atoms with Gasteiger partial charge in [-0.1, -0.05) is 17.7 Å². The molecule has 1 fully saturated rings. The molecule has 0 aliphatic carbocycles. The fraction of sp³-hybridized carbons (Fsp3) is 0.308. The van der Waals surface area contributed by atoms with Crippen molar-refractivity contribution in [1.82, 2.24) is 4.98 Å². The molecule has 2 aromatic carbocycles. The molecule has 9 heteroatoms. The van der Waals surface area contributed by atoms with E-state index in [9.17, 15) is 13.2 Å². The van der Waals surface area contributed by atoms with Gasteiger partial charge in [0.15, 0.2) is 0 Å². The molecule has 1 aliphatic heterocycles. The van der Waals surface area contributed by atoms with Crippen LogP contribution in [0.15, 0.2) is 71.8 Å². The first-order valence-electron chi connectivity index (χ1n) is 11.5. The molecule has 1 amide bonds. The lowest BCUT2D eigenvalue weighted by molar-refractivity contribution is -0.00545. The van der Waals surface area contributed by atoms with Crippen LogP contribution < -0.4 is 14.5 Å². The monoisotopic (exact) mass is 494 g/mol. The Bertz CT molecular complexity index is 1270. The van der Waals surface area contributed by atoms with E-state index in [1.165, 1.54) is 11.4 Å². The van der Waals surface area contributed by atoms with Gasteiger partial charge in [0.1, 0.15) is 5.82 Å². The number of sulfonamides is 1. The number of nitrogens with one attached hydrogen (secondary N) is 1. The average Bonchev–Trinajstić information content (AvgIpc) is 2.84. The van der Waals surface area contributed by atoms with Crippen molar-refractivity contribution in [3.8, 4) is 0 Å². The standard InChI is InChI=1S/C26H30N4O4S/c1-18-5-12-24(13-6-18)35(32,33)29(4)23-10-7-21(8-11-23)26(31)28-22-9-14-25(27-15-22)30-16-19(2)34-20(3)17-30/h5-15,19-20H,16-17H2,1-4H3,(H,28,31). The quantitative estimate of drug-likeness (QED) is 0.555. The fourth-order valence-electron chi connectivity index (χ4n) is 4.05. The number of aromatic nitrogens is 1. The van der Waals surface area contributed by atoms with Crippen LogP contribution in [-0.4, -0.2) is 51.7 Å². The zero-order valence-electron chi connectivity index (χ0n) is 20.3. The van der Waals surface area contributed by atoms with Crippen LogP contribution in [0.5, 0.6) is 0 Å². The van der Waals surface area contributed by atoms with Gasteiger partial charge in [-0.3, -0.25) is 9.10 Å². The van der Waals surface area contributed by atoms with Crippen LogP contribution in [0, 0.1) is 6.92 Å². The van der Waals surface area contributed by atoms with Gasteiger partial charge in [0.05, 0.1) is 34.7 Å². The average molecular weight is 495 g/mol. The van der Waals surface area contributed by atoms with Crippen molar-refractivity contribution in [2.24, 2.45) is 0 Å². The molecule has 2 atom stereocenters. The molecule has 1 saturated heterocycles. The first-order chi connectivity index (χ1) is 16.6. The molecule has 35 heavy (non-hydrogen) atoms. The third kappa shape index (κ3) is 5.63. The van der Waals surface area contributed by atoms with Gasteiger partial charge in [-0.25, -0.2) is 13.4 Å². The lowest BCUT2D eigenvalue weighted by Gasteiger charge is -2.36. The maximum atomic E-state index is 12.9. The molecular weight excluding hydrogens is 464 g/mol. The van der Waals surface area contributed by atoms with Gasteiger partial charge in [0, 0.05) is 25.7 Å². The van der Waals surface area contributed by atoms with Crippen LogP contribution in [0.4, 0.5) is 17.2 Å². The summed E-state index contributed by atoms with van der Waals surface area (Å²) in [6, 6.07) is 16.8. The molecule has 4 rings (SSSR count). The van der Waals surface area contributed by atoms with Crippen molar-refractivity contribution < 1.29 is 17.9 Å². The molecule has 0 spiro atoms. The minimum atomic E-state index is -3.70. The highest BCUT2D eigenvalue weighted by molar-refractivity contribution is 7.92. The summed E-state index contributed by atoms with van der Waals surface area (Å²) in [6.45, 7) is 7.52. The number of carbonyl (C=O) groups is 1. The number of carbonyl (C=O) groups excluding carboxylic acids is 1. The number of rotatable bonds is 6. The number of pyridine rings is 1. The van der Waals surface area contributed by atoms with Gasteiger partial charge in [-0.15, -0.1) is 0 Å². The van der Waals surface area contributed by atoms with Crippen molar-refractivity contribution in [1.29, 1.82) is 0 Å². The summed E-state index contributed by atoms with van der Waals surface area (Å²) >= 11 is 0. The Labute approximate surface area is 206 Å². The highest BCUT2D eigenvalue weighted by Gasteiger charge is 2.23. The zero-order valence-corrected chi connectivity index (χ0v) is 21.1. The first-order valence-corrected chi connectivity index (χ1v) is 12.9. The third-order valence-electron chi connectivity index (χ3n) is 5.92. The molecule has 3 aromatic rings. The Morgan fingerprint density at radius 2 is 1.63 bits per heavy atom. The first kappa shape index (κ1) is 24.7. The predicted molar refractivity (Wildman–Crippen MR) is 138 cm³/mol. The van der Waals surface area contributed by atoms with E-state index in [0.29, 0.717) is 16.9 Å². The van der Waals surface area contributed by atoms with Gasteiger partial charge in [-0.05, 0) is 69.3 Å². The van der Waals surface area contributed by atoms with Crippen molar-refractivity contribution in [3.63, 3.8) is 0 Å². The molecule has 2 heterocycles. The van der Waals surface area contributed by atoms with Gasteiger partial charge in [0.25, 0.3) is 15.9 Å². The Hall–Kier alpha value is -3.43. The van der Waals surface area contributed by atoms with E-state index in [1.54, 1.807) is 54.7 Å². The molecule has 0 radical (unpaired) electrons. The minimum Gasteiger partial charge on any atom is -0.372 e. The Morgan fingerprint density at radius 1 is 1.00 bits per heavy atom. The molecule has 0 saturated carbocycles. The Balaban J connectivity index is 1.41. The number of hydrogen-bond donors (Lipinski definition) is 1. The van der Waals surface area contributed by atoms with Crippen molar-refractivity contribution >= 4 is 33.1 Å². The predicted octanol–water partition coefficient (Wildman–Crippen LogP) is 4.08. The summed E-state index contributed by atoms with van der Waals surface area (Å²) in [7, 11) is -2.20. The van der Waals surface area contributed by atoms with Crippen molar-refractivity contribution in [3.05, 3.63) is 78.0 Å². The number of anilines is 3. The van der Waals surface area contributed by atoms with Gasteiger partial charge in [0.2, 0.25) is 0 Å². The van der Waals surface area contributed by atoms with Crippen LogP contribution in [0.25, 0.3) is 0 Å². The number of amides is 1. The molecule has 1 aliphatic rings. The Kier molecular flexibility index (Phi) is 7.09. The van der Waals surface area contributed by atoms with Crippen LogP contribution in [0.3, 0.4) is 0 Å². The second-order valence-electron chi connectivity index (χ2n) is 8.85. The number of nitrogens with zero attached hydrogens (tertiary/aromatic N) is 3. The second-order valence-corrected chi connectivity index (χ2v) is 10.8. The van der Waals surface area contributed by atoms with E-state index < -0.39 is 10.0 Å². The van der Waals surface area contributed by atoms with Crippen LogP contribution in [0.2, 0.25) is 0 Å². The molecular formula is C26H30N4O4S. The number of ether oxygens (including phenoxy) is 1. The van der Waals surface area contributed by atoms with E-state index in [2.05, 4.69) is 15.2 Å². The van der Waals surface area contributed by atoms with E-state index in [0.717, 1.165) is 24.5 Å². The third-order valence-corrected chi connectivity index (χ3v) is 7.72. The summed E-state index contributed by atoms with van der Waals surface area (Å²) in [6.07, 6.45) is 1.90. The van der Waals surface area contributed by atoms with Crippen LogP contribution in [-0.2, 0) is 14.8 Å². The summed E-state index contributed by atoms with van der Waals surface area (Å²) in [4.78, 5) is 19.6. The van der Waals surface area contributed by atoms with Crippen molar-refractivity contribution in [2.75, 3.05) is 34.7 Å². The summed E-state index contributed by atoms with van der Waals surface area (Å²) in [5.41, 5.74) is 2.44. The minimum absolute atomic E-state index is 0.133. The molecule has 2 unspecified atom stereocenters. The number of hydrogen-bond acceptors (Lipinski definition) is 6. The van der Waals surface area contributed by atoms with Crippen molar-refractivity contribution in [2.45, 2.75) is 37.9 Å². The second kappa shape index (κ2) is 10.1. The van der Waals surface area contributed by atoms with E-state index >= 15 is 0 Å². The summed E-state index contributed by atoms with van der Waals surface area (Å²) in [5, 5.41) is 2.84. The fourth-order valence-corrected chi connectivity index (χ4v) is 5.24. The largest absolute Gasteiger partial charge is 0.372 e.